The maximum Gasteiger partial charge on any atom is 0.244 e. The lowest BCUT2D eigenvalue weighted by molar-refractivity contribution is 0.308. The smallest absolute Gasteiger partial charge is 0.244 e. The first-order valence-corrected chi connectivity index (χ1v) is 9.65. The number of amidine groups is 1. The summed E-state index contributed by atoms with van der Waals surface area (Å²) in [6.07, 6.45) is 3.61. The van der Waals surface area contributed by atoms with E-state index in [1.54, 1.807) is 13.0 Å². The molecule has 0 aromatic carbocycles. The Hall–Kier alpha value is -0.640. The van der Waals surface area contributed by atoms with Crippen LogP contribution in [0, 0.1) is 6.92 Å². The summed E-state index contributed by atoms with van der Waals surface area (Å²) in [6.45, 7) is 1.69. The van der Waals surface area contributed by atoms with E-state index in [1.807, 2.05) is 0 Å². The van der Waals surface area contributed by atoms with E-state index in [0.717, 1.165) is 34.3 Å². The Morgan fingerprint density at radius 2 is 2.19 bits per heavy atom. The minimum Gasteiger partial charge on any atom is -0.409 e. The molecule has 118 valence electrons. The SMILES string of the molecule is Cc1sc(Br)cc1S(=O)(=O)N(CC(N)=NO)C1CCCC1. The number of hydrogen-bond acceptors (Lipinski definition) is 5. The third-order valence-electron chi connectivity index (χ3n) is 3.61. The van der Waals surface area contributed by atoms with E-state index in [2.05, 4.69) is 21.1 Å². The fraction of sp³-hybridized carbons (Fsp3) is 0.583. The van der Waals surface area contributed by atoms with Crippen LogP contribution in [0.4, 0.5) is 0 Å². The van der Waals surface area contributed by atoms with E-state index in [4.69, 9.17) is 10.9 Å². The highest BCUT2D eigenvalue weighted by molar-refractivity contribution is 9.11. The van der Waals surface area contributed by atoms with Gasteiger partial charge in [0.15, 0.2) is 5.84 Å². The second-order valence-electron chi connectivity index (χ2n) is 5.05. The van der Waals surface area contributed by atoms with Gasteiger partial charge in [0.05, 0.1) is 15.2 Å². The number of hydrogen-bond donors (Lipinski definition) is 2. The van der Waals surface area contributed by atoms with Gasteiger partial charge in [0.25, 0.3) is 0 Å². The van der Waals surface area contributed by atoms with Gasteiger partial charge < -0.3 is 10.9 Å². The monoisotopic (exact) mass is 395 g/mol. The van der Waals surface area contributed by atoms with E-state index in [-0.39, 0.29) is 23.3 Å². The molecule has 1 heterocycles. The normalized spacial score (nSPS) is 17.8. The maximum absolute atomic E-state index is 12.9. The van der Waals surface area contributed by atoms with Crippen LogP contribution in [0.1, 0.15) is 30.6 Å². The highest BCUT2D eigenvalue weighted by atomic mass is 79.9. The zero-order valence-corrected chi connectivity index (χ0v) is 14.8. The Morgan fingerprint density at radius 1 is 1.57 bits per heavy atom. The second-order valence-corrected chi connectivity index (χ2v) is 9.55. The van der Waals surface area contributed by atoms with E-state index < -0.39 is 10.0 Å². The highest BCUT2D eigenvalue weighted by Crippen LogP contribution is 2.34. The molecule has 2 rings (SSSR count). The van der Waals surface area contributed by atoms with Gasteiger partial charge in [-0.3, -0.25) is 0 Å². The molecule has 0 amide bonds. The predicted molar refractivity (Wildman–Crippen MR) is 86.3 cm³/mol. The van der Waals surface area contributed by atoms with Gasteiger partial charge in [-0.05, 0) is 41.8 Å². The Labute approximate surface area is 136 Å². The standard InChI is InChI=1S/C12H18BrN3O3S2/c1-8-10(6-11(13)20-8)21(18,19)16(7-12(14)15-17)9-4-2-3-5-9/h6,9,17H,2-5,7H2,1H3,(H2,14,15). The zero-order valence-electron chi connectivity index (χ0n) is 11.6. The lowest BCUT2D eigenvalue weighted by Gasteiger charge is -2.27. The molecule has 0 bridgehead atoms. The molecule has 1 aromatic heterocycles. The molecule has 0 radical (unpaired) electrons. The van der Waals surface area contributed by atoms with Gasteiger partial charge >= 0.3 is 0 Å². The number of nitrogens with zero attached hydrogens (tertiary/aromatic N) is 2. The summed E-state index contributed by atoms with van der Waals surface area (Å²) < 4.78 is 28.0. The molecule has 1 fully saturated rings. The summed E-state index contributed by atoms with van der Waals surface area (Å²) in [6, 6.07) is 1.53. The Balaban J connectivity index is 2.40. The van der Waals surface area contributed by atoms with Crippen molar-refractivity contribution >= 4 is 43.1 Å². The molecular formula is C12H18BrN3O3S2. The van der Waals surface area contributed by atoms with Crippen molar-refractivity contribution < 1.29 is 13.6 Å². The van der Waals surface area contributed by atoms with Crippen molar-refractivity contribution in [1.29, 1.82) is 0 Å². The van der Waals surface area contributed by atoms with Crippen LogP contribution < -0.4 is 5.73 Å². The van der Waals surface area contributed by atoms with Crippen LogP contribution >= 0.6 is 27.3 Å². The molecule has 0 saturated heterocycles. The summed E-state index contributed by atoms with van der Waals surface area (Å²) in [5.74, 6) is -0.0996. The number of oxime groups is 1. The van der Waals surface area contributed by atoms with E-state index in [1.165, 1.54) is 15.6 Å². The molecule has 1 aromatic rings. The van der Waals surface area contributed by atoms with Crippen molar-refractivity contribution in [3.63, 3.8) is 0 Å². The largest absolute Gasteiger partial charge is 0.409 e. The molecular weight excluding hydrogens is 378 g/mol. The van der Waals surface area contributed by atoms with Crippen molar-refractivity contribution in [2.75, 3.05) is 6.54 Å². The number of rotatable bonds is 5. The molecule has 3 N–H and O–H groups in total. The van der Waals surface area contributed by atoms with Crippen LogP contribution in [0.5, 0.6) is 0 Å². The predicted octanol–water partition coefficient (Wildman–Crippen LogP) is 2.50. The number of aryl methyl sites for hydroxylation is 1. The van der Waals surface area contributed by atoms with Gasteiger partial charge in [-0.15, -0.1) is 11.3 Å². The molecule has 9 heteroatoms. The van der Waals surface area contributed by atoms with Gasteiger partial charge in [-0.2, -0.15) is 4.31 Å². The van der Waals surface area contributed by atoms with Gasteiger partial charge in [-0.25, -0.2) is 8.42 Å². The van der Waals surface area contributed by atoms with Crippen molar-refractivity contribution in [2.24, 2.45) is 10.9 Å². The van der Waals surface area contributed by atoms with Gasteiger partial charge in [0, 0.05) is 10.9 Å². The first kappa shape index (κ1) is 16.7. The number of halogens is 1. The maximum atomic E-state index is 12.9. The minimum atomic E-state index is -3.66. The minimum absolute atomic E-state index is 0.0869. The van der Waals surface area contributed by atoms with E-state index in [9.17, 15) is 8.42 Å². The molecule has 1 aliphatic carbocycles. The fourth-order valence-electron chi connectivity index (χ4n) is 2.61. The van der Waals surface area contributed by atoms with Crippen LogP contribution in [0.3, 0.4) is 0 Å². The third-order valence-corrected chi connectivity index (χ3v) is 7.31. The molecule has 0 spiro atoms. The van der Waals surface area contributed by atoms with Gasteiger partial charge in [0.1, 0.15) is 0 Å². The summed E-state index contributed by atoms with van der Waals surface area (Å²) in [5.41, 5.74) is 5.55. The van der Waals surface area contributed by atoms with Crippen LogP contribution in [0.15, 0.2) is 19.9 Å². The van der Waals surface area contributed by atoms with Crippen LogP contribution in [0.25, 0.3) is 0 Å². The topological polar surface area (TPSA) is 96.0 Å². The van der Waals surface area contributed by atoms with Crippen molar-refractivity contribution in [1.82, 2.24) is 4.31 Å². The van der Waals surface area contributed by atoms with Crippen LogP contribution in [0.2, 0.25) is 0 Å². The van der Waals surface area contributed by atoms with Gasteiger partial charge in [-0.1, -0.05) is 18.0 Å². The molecule has 1 saturated carbocycles. The van der Waals surface area contributed by atoms with E-state index in [0.29, 0.717) is 0 Å². The van der Waals surface area contributed by atoms with Crippen molar-refractivity contribution in [3.05, 3.63) is 14.7 Å². The number of nitrogens with two attached hydrogens (primary N) is 1. The molecule has 0 atom stereocenters. The Bertz CT molecular complexity index is 636. The molecule has 1 aliphatic rings. The van der Waals surface area contributed by atoms with Crippen molar-refractivity contribution in [2.45, 2.75) is 43.5 Å². The number of thiophene rings is 1. The quantitative estimate of drug-likeness (QED) is 0.346. The summed E-state index contributed by atoms with van der Waals surface area (Å²) in [4.78, 5) is 1.02. The van der Waals surface area contributed by atoms with E-state index >= 15 is 0 Å². The zero-order chi connectivity index (χ0) is 15.6. The lowest BCUT2D eigenvalue weighted by atomic mass is 10.2. The third kappa shape index (κ3) is 3.58. The summed E-state index contributed by atoms with van der Waals surface area (Å²) in [5, 5.41) is 11.7. The second kappa shape index (κ2) is 6.64. The van der Waals surface area contributed by atoms with Crippen LogP contribution in [-0.4, -0.2) is 36.4 Å². The Kier molecular flexibility index (Phi) is 5.29. The average molecular weight is 396 g/mol. The van der Waals surface area contributed by atoms with Crippen molar-refractivity contribution in [3.8, 4) is 0 Å². The fourth-order valence-corrected chi connectivity index (χ4v) is 6.65. The molecule has 0 unspecified atom stereocenters. The number of sulfonamides is 1. The summed E-state index contributed by atoms with van der Waals surface area (Å²) in [7, 11) is -3.66. The lowest BCUT2D eigenvalue weighted by Crippen LogP contribution is -2.44. The summed E-state index contributed by atoms with van der Waals surface area (Å²) >= 11 is 4.70. The first-order valence-electron chi connectivity index (χ1n) is 6.60. The average Bonchev–Trinajstić information content (AvgIpc) is 3.05. The molecule has 0 aliphatic heterocycles. The Morgan fingerprint density at radius 3 is 2.67 bits per heavy atom. The van der Waals surface area contributed by atoms with Crippen LogP contribution in [-0.2, 0) is 10.0 Å². The molecule has 21 heavy (non-hydrogen) atoms. The first-order chi connectivity index (χ1) is 9.86. The van der Waals surface area contributed by atoms with Gasteiger partial charge in [0.2, 0.25) is 10.0 Å². The highest BCUT2D eigenvalue weighted by Gasteiger charge is 2.35. The molecule has 6 nitrogen and oxygen atoms in total.